The number of benzene rings is 6. The summed E-state index contributed by atoms with van der Waals surface area (Å²) in [6, 6.07) is 49.4. The number of hydrogen-bond acceptors (Lipinski definition) is 5. The lowest BCUT2D eigenvalue weighted by molar-refractivity contribution is 0.669. The fourth-order valence-corrected chi connectivity index (χ4v) is 6.72. The lowest BCUT2D eigenvalue weighted by atomic mass is 9.88. The monoisotopic (exact) mass is 588 g/mol. The van der Waals surface area contributed by atoms with E-state index in [0.29, 0.717) is 23.0 Å². The number of nitrogens with zero attached hydrogens (tertiary/aromatic N) is 4. The molecule has 214 valence electrons. The summed E-state index contributed by atoms with van der Waals surface area (Å²) in [6.07, 6.45) is 0. The summed E-state index contributed by atoms with van der Waals surface area (Å²) in [5.41, 5.74) is 11.0. The molecule has 0 N–H and O–H groups in total. The highest BCUT2D eigenvalue weighted by Crippen LogP contribution is 2.50. The molecule has 0 saturated carbocycles. The molecular weight excluding hydrogens is 564 g/mol. The molecule has 0 aliphatic heterocycles. The summed E-state index contributed by atoms with van der Waals surface area (Å²) in [5.74, 6) is 1.72. The first-order chi connectivity index (χ1) is 22.7. The van der Waals surface area contributed by atoms with Crippen LogP contribution < -0.4 is 0 Å². The van der Waals surface area contributed by atoms with Gasteiger partial charge in [-0.25, -0.2) is 15.0 Å². The van der Waals surface area contributed by atoms with Gasteiger partial charge in [0.15, 0.2) is 17.5 Å². The summed E-state index contributed by atoms with van der Waals surface area (Å²) in [6.45, 7) is 0. The largest absolute Gasteiger partial charge is 0.456 e. The second kappa shape index (κ2) is 10.4. The highest BCUT2D eigenvalue weighted by Gasteiger charge is 2.31. The minimum Gasteiger partial charge on any atom is -0.456 e. The highest BCUT2D eigenvalue weighted by molar-refractivity contribution is 6.07. The van der Waals surface area contributed by atoms with Crippen LogP contribution in [-0.4, -0.2) is 15.0 Å². The van der Waals surface area contributed by atoms with E-state index in [2.05, 4.69) is 78.9 Å². The molecule has 0 spiro atoms. The van der Waals surface area contributed by atoms with Gasteiger partial charge in [0.1, 0.15) is 11.2 Å². The van der Waals surface area contributed by atoms with Crippen LogP contribution in [0.1, 0.15) is 28.2 Å². The van der Waals surface area contributed by atoms with E-state index in [1.165, 1.54) is 22.3 Å². The van der Waals surface area contributed by atoms with Crippen molar-refractivity contribution < 1.29 is 4.42 Å². The normalized spacial score (nSPS) is 13.4. The van der Waals surface area contributed by atoms with Crippen LogP contribution in [0.25, 0.3) is 67.2 Å². The van der Waals surface area contributed by atoms with Crippen LogP contribution >= 0.6 is 0 Å². The molecule has 0 fully saturated rings. The van der Waals surface area contributed by atoms with Crippen LogP contribution in [0.5, 0.6) is 0 Å². The molecule has 9 rings (SSSR count). The van der Waals surface area contributed by atoms with Crippen LogP contribution in [0.4, 0.5) is 0 Å². The van der Waals surface area contributed by atoms with Gasteiger partial charge < -0.3 is 4.42 Å². The van der Waals surface area contributed by atoms with Gasteiger partial charge in [0.05, 0.1) is 11.6 Å². The van der Waals surface area contributed by atoms with Crippen molar-refractivity contribution in [1.29, 1.82) is 5.26 Å². The second-order valence-electron chi connectivity index (χ2n) is 11.5. The van der Waals surface area contributed by atoms with Crippen LogP contribution in [0.2, 0.25) is 0 Å². The Balaban J connectivity index is 1.22. The Morgan fingerprint density at radius 2 is 1.17 bits per heavy atom. The van der Waals surface area contributed by atoms with Gasteiger partial charge in [0, 0.05) is 33.4 Å². The fourth-order valence-electron chi connectivity index (χ4n) is 6.72. The molecule has 0 amide bonds. The summed E-state index contributed by atoms with van der Waals surface area (Å²) in [5, 5.41) is 11.8. The standard InChI is InChI=1S/C41H24N4O/c42-24-25-10-8-14-28(20-25)40-43-39(26-11-2-1-3-12-26)44-41(45-40)29-15-9-13-27(21-29)38-32-18-5-4-16-30(32)33-23-37-34(22-35(33)38)31-17-6-7-19-36(31)46-37/h1-23,38H. The van der Waals surface area contributed by atoms with Gasteiger partial charge in [-0.3, -0.25) is 0 Å². The predicted molar refractivity (Wildman–Crippen MR) is 181 cm³/mol. The van der Waals surface area contributed by atoms with Crippen molar-refractivity contribution in [2.45, 2.75) is 5.92 Å². The maximum absolute atomic E-state index is 9.54. The zero-order valence-corrected chi connectivity index (χ0v) is 24.6. The molecule has 6 aromatic carbocycles. The van der Waals surface area contributed by atoms with E-state index in [0.717, 1.165) is 44.2 Å². The second-order valence-corrected chi connectivity index (χ2v) is 11.5. The quantitative estimate of drug-likeness (QED) is 0.205. The minimum absolute atomic E-state index is 0.0337. The number of rotatable bonds is 4. The average molecular weight is 589 g/mol. The summed E-state index contributed by atoms with van der Waals surface area (Å²) in [7, 11) is 0. The van der Waals surface area contributed by atoms with E-state index < -0.39 is 0 Å². The molecule has 5 nitrogen and oxygen atoms in total. The molecule has 1 unspecified atom stereocenters. The molecule has 2 aromatic heterocycles. The third kappa shape index (κ3) is 4.20. The molecule has 0 saturated heterocycles. The molecule has 0 bridgehead atoms. The maximum Gasteiger partial charge on any atom is 0.164 e. The summed E-state index contributed by atoms with van der Waals surface area (Å²) < 4.78 is 6.28. The van der Waals surface area contributed by atoms with Gasteiger partial charge in [0.25, 0.3) is 0 Å². The maximum atomic E-state index is 9.54. The van der Waals surface area contributed by atoms with Gasteiger partial charge in [0.2, 0.25) is 0 Å². The Morgan fingerprint density at radius 3 is 2.00 bits per heavy atom. The van der Waals surface area contributed by atoms with Crippen LogP contribution in [-0.2, 0) is 0 Å². The van der Waals surface area contributed by atoms with Crippen molar-refractivity contribution >= 4 is 21.9 Å². The average Bonchev–Trinajstić information content (AvgIpc) is 3.65. The summed E-state index contributed by atoms with van der Waals surface area (Å²) in [4.78, 5) is 14.8. The Hall–Kier alpha value is -6.38. The van der Waals surface area contributed by atoms with Crippen molar-refractivity contribution in [3.05, 3.63) is 162 Å². The first-order valence-corrected chi connectivity index (χ1v) is 15.2. The Kier molecular flexibility index (Phi) is 5.87. The number of para-hydroxylation sites is 1. The number of fused-ring (bicyclic) bond motifs is 6. The third-order valence-electron chi connectivity index (χ3n) is 8.82. The molecule has 8 aromatic rings. The number of furan rings is 1. The van der Waals surface area contributed by atoms with Crippen molar-refractivity contribution in [3.63, 3.8) is 0 Å². The van der Waals surface area contributed by atoms with E-state index in [-0.39, 0.29) is 5.92 Å². The Bertz CT molecular complexity index is 2510. The van der Waals surface area contributed by atoms with E-state index in [1.54, 1.807) is 6.07 Å². The van der Waals surface area contributed by atoms with Crippen LogP contribution in [0, 0.1) is 11.3 Å². The van der Waals surface area contributed by atoms with E-state index in [4.69, 9.17) is 19.4 Å². The molecule has 2 heterocycles. The van der Waals surface area contributed by atoms with E-state index in [9.17, 15) is 5.26 Å². The number of hydrogen-bond donors (Lipinski definition) is 0. The van der Waals surface area contributed by atoms with Gasteiger partial charge >= 0.3 is 0 Å². The summed E-state index contributed by atoms with van der Waals surface area (Å²) >= 11 is 0. The van der Waals surface area contributed by atoms with Crippen molar-refractivity contribution in [3.8, 4) is 51.4 Å². The van der Waals surface area contributed by atoms with Crippen molar-refractivity contribution in [2.75, 3.05) is 0 Å². The van der Waals surface area contributed by atoms with Gasteiger partial charge in [-0.15, -0.1) is 0 Å². The molecule has 46 heavy (non-hydrogen) atoms. The predicted octanol–water partition coefficient (Wildman–Crippen LogP) is 9.80. The minimum atomic E-state index is 0.0337. The molecule has 1 aliphatic rings. The lowest BCUT2D eigenvalue weighted by Crippen LogP contribution is -2.02. The zero-order valence-electron chi connectivity index (χ0n) is 24.6. The van der Waals surface area contributed by atoms with E-state index in [1.807, 2.05) is 60.7 Å². The third-order valence-corrected chi connectivity index (χ3v) is 8.82. The molecule has 1 atom stereocenters. The smallest absolute Gasteiger partial charge is 0.164 e. The molecule has 1 aliphatic carbocycles. The SMILES string of the molecule is N#Cc1cccc(-c2nc(-c3ccccc3)nc(-c3cccc(C4c5ccccc5-c5cc6oc7ccccc7c6cc54)c3)n2)c1. The topological polar surface area (TPSA) is 75.6 Å². The zero-order chi connectivity index (χ0) is 30.6. The molecule has 0 radical (unpaired) electrons. The molecule has 5 heteroatoms. The van der Waals surface area contributed by atoms with Crippen molar-refractivity contribution in [1.82, 2.24) is 15.0 Å². The Labute approximate surface area is 265 Å². The van der Waals surface area contributed by atoms with Crippen LogP contribution in [0.3, 0.4) is 0 Å². The molecular formula is C41H24N4O. The van der Waals surface area contributed by atoms with Crippen molar-refractivity contribution in [2.24, 2.45) is 0 Å². The Morgan fingerprint density at radius 1 is 0.500 bits per heavy atom. The highest BCUT2D eigenvalue weighted by atomic mass is 16.3. The first kappa shape index (κ1) is 26.1. The van der Waals surface area contributed by atoms with Gasteiger partial charge in [-0.1, -0.05) is 103 Å². The fraction of sp³-hybridized carbons (Fsp3) is 0.0244. The van der Waals surface area contributed by atoms with Gasteiger partial charge in [-0.2, -0.15) is 5.26 Å². The first-order valence-electron chi connectivity index (χ1n) is 15.2. The van der Waals surface area contributed by atoms with E-state index >= 15 is 0 Å². The van der Waals surface area contributed by atoms with Gasteiger partial charge in [-0.05, 0) is 64.2 Å². The lowest BCUT2D eigenvalue weighted by Gasteiger charge is -2.16. The van der Waals surface area contributed by atoms with Crippen LogP contribution in [0.15, 0.2) is 144 Å². The number of nitriles is 1. The number of aromatic nitrogens is 3.